The predicted octanol–water partition coefficient (Wildman–Crippen LogP) is 1.83. The van der Waals surface area contributed by atoms with Crippen LogP contribution in [0, 0.1) is 0 Å². The molecule has 0 bridgehead atoms. The number of aliphatic hydroxyl groups is 2. The van der Waals surface area contributed by atoms with Gasteiger partial charge in [0.2, 0.25) is 0 Å². The number of anilines is 2. The van der Waals surface area contributed by atoms with Gasteiger partial charge in [-0.25, -0.2) is 0 Å². The lowest BCUT2D eigenvalue weighted by Crippen LogP contribution is -2.06. The summed E-state index contributed by atoms with van der Waals surface area (Å²) in [6.45, 7) is 0.603. The first-order chi connectivity index (χ1) is 9.24. The molecule has 5 N–H and O–H groups in total. The molecule has 100 valence electrons. The van der Waals surface area contributed by atoms with Gasteiger partial charge in [-0.1, -0.05) is 24.3 Å². The van der Waals surface area contributed by atoms with Gasteiger partial charge in [0, 0.05) is 23.5 Å². The van der Waals surface area contributed by atoms with Crippen molar-refractivity contribution in [3.05, 3.63) is 48.0 Å². The van der Waals surface area contributed by atoms with Crippen molar-refractivity contribution in [1.82, 2.24) is 0 Å². The number of nitrogens with two attached hydrogens (primary N) is 1. The Morgan fingerprint density at radius 3 is 2.37 bits per heavy atom. The second-order valence-corrected chi connectivity index (χ2v) is 4.31. The van der Waals surface area contributed by atoms with Crippen LogP contribution in [0.3, 0.4) is 0 Å². The first-order valence-electron chi connectivity index (χ1n) is 6.19. The van der Waals surface area contributed by atoms with Gasteiger partial charge in [-0.3, -0.25) is 0 Å². The van der Waals surface area contributed by atoms with Crippen LogP contribution in [0.15, 0.2) is 42.5 Å². The van der Waals surface area contributed by atoms with Gasteiger partial charge in [0.25, 0.3) is 0 Å². The molecule has 4 heteroatoms. The minimum atomic E-state index is 0.0346. The Kier molecular flexibility index (Phi) is 4.39. The number of hydrogen-bond acceptors (Lipinski definition) is 4. The van der Waals surface area contributed by atoms with Gasteiger partial charge in [-0.15, -0.1) is 0 Å². The predicted molar refractivity (Wildman–Crippen MR) is 77.8 cm³/mol. The first-order valence-corrected chi connectivity index (χ1v) is 6.19. The minimum Gasteiger partial charge on any atom is -0.399 e. The molecule has 0 heterocycles. The summed E-state index contributed by atoms with van der Waals surface area (Å²) in [5.74, 6) is 0. The van der Waals surface area contributed by atoms with Crippen molar-refractivity contribution in [2.24, 2.45) is 0 Å². The maximum atomic E-state index is 9.05. The lowest BCUT2D eigenvalue weighted by molar-refractivity contribution is 0.282. The number of nitrogens with one attached hydrogen (secondary N) is 1. The van der Waals surface area contributed by atoms with Crippen molar-refractivity contribution >= 4 is 11.4 Å². The molecule has 0 radical (unpaired) electrons. The summed E-state index contributed by atoms with van der Waals surface area (Å²) in [5.41, 5.74) is 10.3. The summed E-state index contributed by atoms with van der Waals surface area (Å²) in [5, 5.41) is 21.1. The van der Waals surface area contributed by atoms with Gasteiger partial charge in [0.1, 0.15) is 0 Å². The van der Waals surface area contributed by atoms with Crippen molar-refractivity contribution in [3.63, 3.8) is 0 Å². The molecule has 19 heavy (non-hydrogen) atoms. The Labute approximate surface area is 112 Å². The van der Waals surface area contributed by atoms with E-state index in [1.807, 2.05) is 42.5 Å². The smallest absolute Gasteiger partial charge is 0.0681 e. The van der Waals surface area contributed by atoms with E-state index in [0.717, 1.165) is 22.4 Å². The molecule has 0 aliphatic carbocycles. The Bertz CT molecular complexity index is 538. The molecule has 0 unspecified atom stereocenters. The van der Waals surface area contributed by atoms with Crippen LogP contribution in [0.4, 0.5) is 11.4 Å². The average molecular weight is 258 g/mol. The monoisotopic (exact) mass is 258 g/mol. The third-order valence-corrected chi connectivity index (χ3v) is 2.92. The van der Waals surface area contributed by atoms with Crippen molar-refractivity contribution in [2.45, 2.75) is 6.61 Å². The molecule has 4 nitrogen and oxygen atoms in total. The van der Waals surface area contributed by atoms with Crippen LogP contribution in [-0.4, -0.2) is 23.4 Å². The van der Waals surface area contributed by atoms with E-state index in [1.165, 1.54) is 0 Å². The molecule has 0 fully saturated rings. The zero-order chi connectivity index (χ0) is 13.7. The average Bonchev–Trinajstić information content (AvgIpc) is 2.46. The maximum absolute atomic E-state index is 9.05. The molecule has 0 aromatic heterocycles. The molecule has 2 aromatic rings. The molecule has 0 saturated carbocycles. The fourth-order valence-electron chi connectivity index (χ4n) is 1.94. The lowest BCUT2D eigenvalue weighted by atomic mass is 10.0. The number of hydrogen-bond donors (Lipinski definition) is 4. The zero-order valence-corrected chi connectivity index (χ0v) is 10.6. The fourth-order valence-corrected chi connectivity index (χ4v) is 1.94. The van der Waals surface area contributed by atoms with E-state index in [-0.39, 0.29) is 13.2 Å². The molecular weight excluding hydrogens is 240 g/mol. The third-order valence-electron chi connectivity index (χ3n) is 2.92. The van der Waals surface area contributed by atoms with E-state index in [1.54, 1.807) is 0 Å². The van der Waals surface area contributed by atoms with Crippen LogP contribution < -0.4 is 11.1 Å². The zero-order valence-electron chi connectivity index (χ0n) is 10.6. The molecule has 2 aromatic carbocycles. The van der Waals surface area contributed by atoms with Crippen molar-refractivity contribution in [1.29, 1.82) is 0 Å². The Hall–Kier alpha value is -2.04. The summed E-state index contributed by atoms with van der Waals surface area (Å²) >= 11 is 0. The fraction of sp³-hybridized carbons (Fsp3) is 0.200. The van der Waals surface area contributed by atoms with E-state index < -0.39 is 0 Å². The summed E-state index contributed by atoms with van der Waals surface area (Å²) in [4.78, 5) is 0. The minimum absolute atomic E-state index is 0.0346. The topological polar surface area (TPSA) is 78.5 Å². The maximum Gasteiger partial charge on any atom is 0.0681 e. The summed E-state index contributed by atoms with van der Waals surface area (Å²) in [6, 6.07) is 13.3. The summed E-state index contributed by atoms with van der Waals surface area (Å²) in [6.07, 6.45) is 0. The number of rotatable bonds is 5. The Morgan fingerprint density at radius 1 is 1.00 bits per heavy atom. The van der Waals surface area contributed by atoms with Crippen LogP contribution in [0.1, 0.15) is 5.56 Å². The molecule has 2 rings (SSSR count). The molecule has 0 saturated heterocycles. The van der Waals surface area contributed by atoms with Crippen LogP contribution >= 0.6 is 0 Å². The van der Waals surface area contributed by atoms with Gasteiger partial charge in [0.05, 0.1) is 13.2 Å². The highest BCUT2D eigenvalue weighted by Crippen LogP contribution is 2.30. The van der Waals surface area contributed by atoms with Crippen LogP contribution in [0.5, 0.6) is 0 Å². The van der Waals surface area contributed by atoms with E-state index in [9.17, 15) is 0 Å². The number of nitrogen functional groups attached to an aromatic ring is 1. The number of aliphatic hydroxyl groups excluding tert-OH is 2. The summed E-state index contributed by atoms with van der Waals surface area (Å²) < 4.78 is 0. The van der Waals surface area contributed by atoms with E-state index in [0.29, 0.717) is 12.2 Å². The lowest BCUT2D eigenvalue weighted by Gasteiger charge is -2.13. The van der Waals surface area contributed by atoms with Crippen LogP contribution in [0.25, 0.3) is 11.1 Å². The van der Waals surface area contributed by atoms with Crippen molar-refractivity contribution in [3.8, 4) is 11.1 Å². The Balaban J connectivity index is 2.37. The second-order valence-electron chi connectivity index (χ2n) is 4.31. The normalized spacial score (nSPS) is 10.4. The molecule has 0 spiro atoms. The van der Waals surface area contributed by atoms with Gasteiger partial charge < -0.3 is 21.3 Å². The molecule has 0 atom stereocenters. The quantitative estimate of drug-likeness (QED) is 0.617. The molecule has 0 aliphatic rings. The van der Waals surface area contributed by atoms with Gasteiger partial charge in [-0.05, 0) is 29.3 Å². The van der Waals surface area contributed by atoms with Crippen LogP contribution in [0.2, 0.25) is 0 Å². The van der Waals surface area contributed by atoms with Gasteiger partial charge >= 0.3 is 0 Å². The van der Waals surface area contributed by atoms with Crippen molar-refractivity contribution < 1.29 is 10.2 Å². The molecule has 0 aliphatic heterocycles. The van der Waals surface area contributed by atoms with Gasteiger partial charge in [-0.2, -0.15) is 0 Å². The Morgan fingerprint density at radius 2 is 1.74 bits per heavy atom. The SMILES string of the molecule is Nc1ccc(NCCO)c(-c2ccc(CO)cc2)c1. The van der Waals surface area contributed by atoms with Crippen LogP contribution in [-0.2, 0) is 6.61 Å². The molecular formula is C15H18N2O2. The first kappa shape index (κ1) is 13.4. The highest BCUT2D eigenvalue weighted by Gasteiger charge is 2.05. The second kappa shape index (κ2) is 6.22. The standard InChI is InChI=1S/C15H18N2O2/c16-13-5-6-15(17-7-8-18)14(9-13)12-3-1-11(10-19)2-4-12/h1-6,9,17-19H,7-8,10,16H2. The summed E-state index contributed by atoms with van der Waals surface area (Å²) in [7, 11) is 0. The van der Waals surface area contributed by atoms with E-state index in [2.05, 4.69) is 5.32 Å². The van der Waals surface area contributed by atoms with E-state index >= 15 is 0 Å². The largest absolute Gasteiger partial charge is 0.399 e. The molecule has 0 amide bonds. The number of benzene rings is 2. The highest BCUT2D eigenvalue weighted by atomic mass is 16.3. The van der Waals surface area contributed by atoms with E-state index in [4.69, 9.17) is 15.9 Å². The highest BCUT2D eigenvalue weighted by molar-refractivity contribution is 5.80. The van der Waals surface area contributed by atoms with Crippen molar-refractivity contribution in [2.75, 3.05) is 24.2 Å². The third kappa shape index (κ3) is 3.24. The van der Waals surface area contributed by atoms with Gasteiger partial charge in [0.15, 0.2) is 0 Å².